The van der Waals surface area contributed by atoms with Crippen molar-refractivity contribution >= 4 is 11.9 Å². The van der Waals surface area contributed by atoms with E-state index < -0.39 is 11.9 Å². The number of hydrogen-bond acceptors (Lipinski definition) is 6. The van der Waals surface area contributed by atoms with Crippen LogP contribution in [-0.2, 0) is 23.8 Å². The molecule has 0 saturated carbocycles. The van der Waals surface area contributed by atoms with Crippen LogP contribution in [0.4, 0.5) is 0 Å². The second-order valence-corrected chi connectivity index (χ2v) is 4.24. The molecule has 1 saturated heterocycles. The van der Waals surface area contributed by atoms with Crippen molar-refractivity contribution in [3.8, 4) is 0 Å². The van der Waals surface area contributed by atoms with E-state index in [1.54, 1.807) is 0 Å². The molecule has 0 aromatic carbocycles. The summed E-state index contributed by atoms with van der Waals surface area (Å²) in [5, 5.41) is 0. The summed E-state index contributed by atoms with van der Waals surface area (Å²) < 4.78 is 14.4. The number of methoxy groups -OCH3 is 2. The molecule has 0 bridgehead atoms. The van der Waals surface area contributed by atoms with Gasteiger partial charge in [0.25, 0.3) is 0 Å². The molecule has 1 rings (SSSR count). The van der Waals surface area contributed by atoms with E-state index in [4.69, 9.17) is 4.74 Å². The molecular formula is C13H21NO5. The molecule has 19 heavy (non-hydrogen) atoms. The molecule has 0 N–H and O–H groups in total. The van der Waals surface area contributed by atoms with Gasteiger partial charge in [-0.05, 0) is 19.4 Å². The summed E-state index contributed by atoms with van der Waals surface area (Å²) in [4.78, 5) is 25.0. The molecule has 1 aliphatic rings. The van der Waals surface area contributed by atoms with E-state index in [9.17, 15) is 9.59 Å². The lowest BCUT2D eigenvalue weighted by Crippen LogP contribution is -2.36. The summed E-state index contributed by atoms with van der Waals surface area (Å²) in [6, 6.07) is 0. The summed E-state index contributed by atoms with van der Waals surface area (Å²) in [5.41, 5.74) is 0.350. The van der Waals surface area contributed by atoms with Gasteiger partial charge in [-0.25, -0.2) is 9.59 Å². The molecule has 6 nitrogen and oxygen atoms in total. The molecular weight excluding hydrogens is 250 g/mol. The van der Waals surface area contributed by atoms with Crippen molar-refractivity contribution in [1.29, 1.82) is 0 Å². The summed E-state index contributed by atoms with van der Waals surface area (Å²) in [7, 11) is 2.58. The van der Waals surface area contributed by atoms with Gasteiger partial charge in [0, 0.05) is 24.7 Å². The number of esters is 2. The van der Waals surface area contributed by atoms with Gasteiger partial charge in [0.05, 0.1) is 27.4 Å². The highest BCUT2D eigenvalue weighted by Gasteiger charge is 2.14. The zero-order valence-corrected chi connectivity index (χ0v) is 11.5. The number of rotatable bonds is 6. The molecule has 0 radical (unpaired) electrons. The predicted octanol–water partition coefficient (Wildman–Crippen LogP) is 0.371. The Kier molecular flexibility index (Phi) is 7.14. The van der Waals surface area contributed by atoms with Crippen molar-refractivity contribution in [3.05, 3.63) is 11.6 Å². The maximum absolute atomic E-state index is 11.5. The minimum absolute atomic E-state index is 0.350. The first-order valence-electron chi connectivity index (χ1n) is 6.34. The van der Waals surface area contributed by atoms with Crippen LogP contribution in [0.25, 0.3) is 0 Å². The Bertz CT molecular complexity index is 334. The van der Waals surface area contributed by atoms with Crippen LogP contribution in [-0.4, -0.2) is 63.9 Å². The highest BCUT2D eigenvalue weighted by Crippen LogP contribution is 2.09. The first-order chi connectivity index (χ1) is 9.17. The van der Waals surface area contributed by atoms with E-state index in [1.807, 2.05) is 0 Å². The maximum atomic E-state index is 11.5. The third-order valence-electron chi connectivity index (χ3n) is 2.97. The molecule has 0 atom stereocenters. The van der Waals surface area contributed by atoms with Gasteiger partial charge in [0.15, 0.2) is 0 Å². The Balaban J connectivity index is 2.41. The minimum atomic E-state index is -0.535. The fourth-order valence-corrected chi connectivity index (χ4v) is 1.88. The second-order valence-electron chi connectivity index (χ2n) is 4.24. The Morgan fingerprint density at radius 3 is 2.47 bits per heavy atom. The van der Waals surface area contributed by atoms with Crippen LogP contribution in [0, 0.1) is 0 Å². The van der Waals surface area contributed by atoms with Crippen LogP contribution in [0.5, 0.6) is 0 Å². The third kappa shape index (κ3) is 5.85. The smallest absolute Gasteiger partial charge is 0.333 e. The van der Waals surface area contributed by atoms with Gasteiger partial charge in [-0.3, -0.25) is 4.90 Å². The van der Waals surface area contributed by atoms with Gasteiger partial charge in [-0.1, -0.05) is 0 Å². The predicted molar refractivity (Wildman–Crippen MR) is 68.6 cm³/mol. The third-order valence-corrected chi connectivity index (χ3v) is 2.97. The quantitative estimate of drug-likeness (QED) is 0.514. The average Bonchev–Trinajstić information content (AvgIpc) is 2.46. The topological polar surface area (TPSA) is 65.1 Å². The van der Waals surface area contributed by atoms with Crippen LogP contribution in [0.2, 0.25) is 0 Å². The number of carbonyl (C=O) groups excluding carboxylic acids is 2. The molecule has 0 unspecified atom stereocenters. The van der Waals surface area contributed by atoms with E-state index in [-0.39, 0.29) is 0 Å². The largest absolute Gasteiger partial charge is 0.466 e. The molecule has 0 spiro atoms. The van der Waals surface area contributed by atoms with Crippen molar-refractivity contribution < 1.29 is 23.8 Å². The van der Waals surface area contributed by atoms with E-state index in [1.165, 1.54) is 20.3 Å². The molecule has 1 heterocycles. The monoisotopic (exact) mass is 271 g/mol. The summed E-state index contributed by atoms with van der Waals surface area (Å²) >= 11 is 0. The van der Waals surface area contributed by atoms with Crippen LogP contribution in [0.3, 0.4) is 0 Å². The van der Waals surface area contributed by atoms with Gasteiger partial charge < -0.3 is 14.2 Å². The summed E-state index contributed by atoms with van der Waals surface area (Å²) in [6.45, 7) is 4.20. The highest BCUT2D eigenvalue weighted by atomic mass is 16.5. The minimum Gasteiger partial charge on any atom is -0.466 e. The van der Waals surface area contributed by atoms with E-state index in [2.05, 4.69) is 14.4 Å². The lowest BCUT2D eigenvalue weighted by atomic mass is 10.1. The van der Waals surface area contributed by atoms with Gasteiger partial charge >= 0.3 is 11.9 Å². The van der Waals surface area contributed by atoms with Crippen molar-refractivity contribution in [2.75, 3.05) is 47.1 Å². The van der Waals surface area contributed by atoms with Crippen molar-refractivity contribution in [3.63, 3.8) is 0 Å². The van der Waals surface area contributed by atoms with Gasteiger partial charge in [0.2, 0.25) is 0 Å². The van der Waals surface area contributed by atoms with Gasteiger partial charge in [-0.15, -0.1) is 0 Å². The Hall–Kier alpha value is -1.40. The molecule has 1 fully saturated rings. The van der Waals surface area contributed by atoms with Crippen molar-refractivity contribution in [1.82, 2.24) is 4.90 Å². The Labute approximate surface area is 113 Å². The summed E-state index contributed by atoms with van der Waals surface area (Å²) in [5.74, 6) is -1.01. The second kappa shape index (κ2) is 8.66. The lowest BCUT2D eigenvalue weighted by Gasteiger charge is -2.26. The van der Waals surface area contributed by atoms with Crippen LogP contribution >= 0.6 is 0 Å². The van der Waals surface area contributed by atoms with E-state index in [0.29, 0.717) is 12.0 Å². The molecule has 1 aliphatic heterocycles. The standard InChI is InChI=1S/C13H21NO5/c1-17-12(15)10-11(13(16)18-2)4-3-5-14-6-8-19-9-7-14/h10H,3-9H2,1-2H3/b11-10+. The number of nitrogens with zero attached hydrogens (tertiary/aromatic N) is 1. The number of morpholine rings is 1. The number of hydrogen-bond donors (Lipinski definition) is 0. The normalized spacial score (nSPS) is 17.1. The highest BCUT2D eigenvalue weighted by molar-refractivity contribution is 5.96. The van der Waals surface area contributed by atoms with Crippen LogP contribution < -0.4 is 0 Å². The molecule has 0 aromatic rings. The Morgan fingerprint density at radius 1 is 1.21 bits per heavy atom. The zero-order valence-electron chi connectivity index (χ0n) is 11.5. The molecule has 108 valence electrons. The SMILES string of the molecule is COC(=O)/C=C(\CCCN1CCOCC1)C(=O)OC. The van der Waals surface area contributed by atoms with Gasteiger partial charge in [0.1, 0.15) is 0 Å². The fraction of sp³-hybridized carbons (Fsp3) is 0.692. The van der Waals surface area contributed by atoms with Crippen LogP contribution in [0.15, 0.2) is 11.6 Å². The average molecular weight is 271 g/mol. The Morgan fingerprint density at radius 2 is 1.89 bits per heavy atom. The number of ether oxygens (including phenoxy) is 3. The lowest BCUT2D eigenvalue weighted by molar-refractivity contribution is -0.138. The first kappa shape index (κ1) is 15.7. The first-order valence-corrected chi connectivity index (χ1v) is 6.34. The summed E-state index contributed by atoms with van der Waals surface area (Å²) in [6.07, 6.45) is 2.49. The molecule has 0 aromatic heterocycles. The van der Waals surface area contributed by atoms with Crippen molar-refractivity contribution in [2.24, 2.45) is 0 Å². The van der Waals surface area contributed by atoms with E-state index >= 15 is 0 Å². The van der Waals surface area contributed by atoms with Crippen LogP contribution in [0.1, 0.15) is 12.8 Å². The fourth-order valence-electron chi connectivity index (χ4n) is 1.88. The van der Waals surface area contributed by atoms with Gasteiger partial charge in [-0.2, -0.15) is 0 Å². The number of carbonyl (C=O) groups is 2. The molecule has 6 heteroatoms. The molecule has 0 amide bonds. The zero-order chi connectivity index (χ0) is 14.1. The molecule has 0 aliphatic carbocycles. The van der Waals surface area contributed by atoms with Crippen molar-refractivity contribution in [2.45, 2.75) is 12.8 Å². The van der Waals surface area contributed by atoms with E-state index in [0.717, 1.165) is 39.3 Å². The maximum Gasteiger partial charge on any atom is 0.333 e.